The normalized spacial score (nSPS) is 15.5. The summed E-state index contributed by atoms with van der Waals surface area (Å²) in [4.78, 5) is 18.4. The number of cyclic esters (lactones) is 1. The van der Waals surface area contributed by atoms with Crippen LogP contribution in [0.25, 0.3) is 6.08 Å². The van der Waals surface area contributed by atoms with Crippen LogP contribution in [0.3, 0.4) is 0 Å². The van der Waals surface area contributed by atoms with Gasteiger partial charge in [0.05, 0.1) is 14.2 Å². The zero-order valence-corrected chi connectivity index (χ0v) is 13.8. The molecule has 0 N–H and O–H groups in total. The topological polar surface area (TPSA) is 57.1 Å². The molecule has 0 saturated carbocycles. The summed E-state index contributed by atoms with van der Waals surface area (Å²) in [7, 11) is 3.11. The Balaban J connectivity index is 1.93. The van der Waals surface area contributed by atoms with Gasteiger partial charge in [0.25, 0.3) is 0 Å². The predicted octanol–water partition coefficient (Wildman–Crippen LogP) is 3.42. The molecular weight excluding hydrogens is 314 g/mol. The Labute approximate surface area is 137 Å². The number of hydrogen-bond acceptors (Lipinski definition) is 6. The Hall–Kier alpha value is -2.60. The molecule has 0 amide bonds. The van der Waals surface area contributed by atoms with Crippen LogP contribution in [0.1, 0.15) is 15.3 Å². The fourth-order valence-corrected chi connectivity index (χ4v) is 2.98. The molecule has 1 aliphatic heterocycles. The largest absolute Gasteiger partial charge is 0.493 e. The second kappa shape index (κ2) is 6.26. The standard InChI is InChI=1S/C17H15NO4S/c1-10-4-6-12(23-10)9-13-17(19)22-16(18-13)11-5-7-14(20-2)15(8-11)21-3/h4-9H,1-3H3/b13-9-. The van der Waals surface area contributed by atoms with Gasteiger partial charge >= 0.3 is 5.97 Å². The number of ether oxygens (including phenoxy) is 3. The molecule has 0 saturated heterocycles. The summed E-state index contributed by atoms with van der Waals surface area (Å²) in [6.45, 7) is 2.01. The Bertz CT molecular complexity index is 820. The number of methoxy groups -OCH3 is 2. The molecule has 1 aliphatic rings. The summed E-state index contributed by atoms with van der Waals surface area (Å²) < 4.78 is 15.7. The van der Waals surface area contributed by atoms with Gasteiger partial charge in [-0.2, -0.15) is 0 Å². The first-order valence-corrected chi connectivity index (χ1v) is 7.74. The smallest absolute Gasteiger partial charge is 0.363 e. The lowest BCUT2D eigenvalue weighted by atomic mass is 10.2. The van der Waals surface area contributed by atoms with Gasteiger partial charge in [-0.25, -0.2) is 9.79 Å². The number of hydrogen-bond donors (Lipinski definition) is 0. The number of nitrogens with zero attached hydrogens (tertiary/aromatic N) is 1. The van der Waals surface area contributed by atoms with Gasteiger partial charge in [-0.1, -0.05) is 0 Å². The van der Waals surface area contributed by atoms with Crippen molar-refractivity contribution in [3.8, 4) is 11.5 Å². The molecule has 1 aromatic heterocycles. The average molecular weight is 329 g/mol. The summed E-state index contributed by atoms with van der Waals surface area (Å²) in [5, 5.41) is 0. The van der Waals surface area contributed by atoms with Crippen molar-refractivity contribution >= 4 is 29.3 Å². The fraction of sp³-hybridized carbons (Fsp3) is 0.176. The molecule has 5 nitrogen and oxygen atoms in total. The highest BCUT2D eigenvalue weighted by Gasteiger charge is 2.25. The van der Waals surface area contributed by atoms with Gasteiger partial charge < -0.3 is 14.2 Å². The van der Waals surface area contributed by atoms with E-state index in [1.807, 2.05) is 19.1 Å². The Morgan fingerprint density at radius 2 is 1.91 bits per heavy atom. The van der Waals surface area contributed by atoms with Crippen LogP contribution in [0.5, 0.6) is 11.5 Å². The van der Waals surface area contributed by atoms with Crippen LogP contribution >= 0.6 is 11.3 Å². The fourth-order valence-electron chi connectivity index (χ4n) is 2.17. The highest BCUT2D eigenvalue weighted by atomic mass is 32.1. The number of thiophene rings is 1. The van der Waals surface area contributed by atoms with Gasteiger partial charge in [0.2, 0.25) is 5.90 Å². The first-order chi connectivity index (χ1) is 11.1. The number of aliphatic imine (C=N–C) groups is 1. The van der Waals surface area contributed by atoms with Gasteiger partial charge in [0.1, 0.15) is 0 Å². The third-order valence-electron chi connectivity index (χ3n) is 3.29. The highest BCUT2D eigenvalue weighted by Crippen LogP contribution is 2.30. The van der Waals surface area contributed by atoms with Gasteiger partial charge in [0.15, 0.2) is 17.2 Å². The van der Waals surface area contributed by atoms with E-state index in [2.05, 4.69) is 4.99 Å². The molecular formula is C17H15NO4S. The van der Waals surface area contributed by atoms with Crippen LogP contribution in [0.2, 0.25) is 0 Å². The minimum Gasteiger partial charge on any atom is -0.493 e. The Kier molecular flexibility index (Phi) is 4.16. The lowest BCUT2D eigenvalue weighted by Gasteiger charge is -2.08. The lowest BCUT2D eigenvalue weighted by molar-refractivity contribution is -0.129. The molecule has 0 atom stereocenters. The van der Waals surface area contributed by atoms with Crippen molar-refractivity contribution in [3.63, 3.8) is 0 Å². The Morgan fingerprint density at radius 3 is 2.57 bits per heavy atom. The summed E-state index contributed by atoms with van der Waals surface area (Å²) in [5.41, 5.74) is 0.943. The number of rotatable bonds is 4. The molecule has 1 aromatic carbocycles. The molecule has 2 aromatic rings. The molecule has 0 spiro atoms. The molecule has 6 heteroatoms. The van der Waals surface area contributed by atoms with Crippen LogP contribution in [0.4, 0.5) is 0 Å². The van der Waals surface area contributed by atoms with Crippen molar-refractivity contribution in [1.82, 2.24) is 0 Å². The summed E-state index contributed by atoms with van der Waals surface area (Å²) in [6, 6.07) is 9.18. The van der Waals surface area contributed by atoms with E-state index in [1.165, 1.54) is 4.88 Å². The van der Waals surface area contributed by atoms with Crippen LogP contribution < -0.4 is 9.47 Å². The summed E-state index contributed by atoms with van der Waals surface area (Å²) in [6.07, 6.45) is 1.73. The molecule has 0 radical (unpaired) electrons. The zero-order valence-electron chi connectivity index (χ0n) is 13.0. The Morgan fingerprint density at radius 1 is 1.13 bits per heavy atom. The van der Waals surface area contributed by atoms with E-state index in [0.29, 0.717) is 17.1 Å². The molecule has 118 valence electrons. The van der Waals surface area contributed by atoms with E-state index >= 15 is 0 Å². The predicted molar refractivity (Wildman–Crippen MR) is 89.2 cm³/mol. The molecule has 0 unspecified atom stereocenters. The van der Waals surface area contributed by atoms with Crippen LogP contribution in [0.15, 0.2) is 41.0 Å². The number of carbonyl (C=O) groups excluding carboxylic acids is 1. The maximum Gasteiger partial charge on any atom is 0.363 e. The van der Waals surface area contributed by atoms with Gasteiger partial charge in [-0.05, 0) is 43.3 Å². The van der Waals surface area contributed by atoms with Crippen molar-refractivity contribution in [3.05, 3.63) is 51.3 Å². The summed E-state index contributed by atoms with van der Waals surface area (Å²) in [5.74, 6) is 0.956. The van der Waals surface area contributed by atoms with E-state index < -0.39 is 5.97 Å². The first-order valence-electron chi connectivity index (χ1n) is 6.92. The molecule has 0 aliphatic carbocycles. The quantitative estimate of drug-likeness (QED) is 0.637. The minimum atomic E-state index is -0.458. The second-order valence-electron chi connectivity index (χ2n) is 4.85. The van der Waals surface area contributed by atoms with Crippen molar-refractivity contribution < 1.29 is 19.0 Å². The van der Waals surface area contributed by atoms with Crippen molar-refractivity contribution in [1.29, 1.82) is 0 Å². The van der Waals surface area contributed by atoms with E-state index in [1.54, 1.807) is 49.8 Å². The average Bonchev–Trinajstić information content (AvgIpc) is 3.13. The van der Waals surface area contributed by atoms with Crippen LogP contribution in [-0.2, 0) is 9.53 Å². The molecule has 3 rings (SSSR count). The van der Waals surface area contributed by atoms with E-state index in [9.17, 15) is 4.79 Å². The van der Waals surface area contributed by atoms with E-state index in [0.717, 1.165) is 4.88 Å². The maximum absolute atomic E-state index is 12.0. The highest BCUT2D eigenvalue weighted by molar-refractivity contribution is 7.12. The SMILES string of the molecule is COc1ccc(C2=N/C(=C\c3ccc(C)s3)C(=O)O2)cc1OC. The first kappa shape index (κ1) is 15.3. The number of aryl methyl sites for hydroxylation is 1. The molecule has 2 heterocycles. The lowest BCUT2D eigenvalue weighted by Crippen LogP contribution is -2.05. The zero-order chi connectivity index (χ0) is 16.4. The van der Waals surface area contributed by atoms with Crippen molar-refractivity contribution in [2.24, 2.45) is 4.99 Å². The minimum absolute atomic E-state index is 0.260. The van der Waals surface area contributed by atoms with E-state index in [4.69, 9.17) is 14.2 Å². The molecule has 0 bridgehead atoms. The van der Waals surface area contributed by atoms with Crippen LogP contribution in [-0.4, -0.2) is 26.1 Å². The number of esters is 1. The van der Waals surface area contributed by atoms with Gasteiger partial charge in [-0.15, -0.1) is 11.3 Å². The van der Waals surface area contributed by atoms with E-state index in [-0.39, 0.29) is 11.6 Å². The van der Waals surface area contributed by atoms with Crippen molar-refractivity contribution in [2.45, 2.75) is 6.92 Å². The third kappa shape index (κ3) is 3.12. The van der Waals surface area contributed by atoms with Gasteiger partial charge in [-0.3, -0.25) is 0 Å². The summed E-state index contributed by atoms with van der Waals surface area (Å²) >= 11 is 1.59. The molecule has 23 heavy (non-hydrogen) atoms. The number of carbonyl (C=O) groups is 1. The van der Waals surface area contributed by atoms with Gasteiger partial charge in [0, 0.05) is 15.3 Å². The second-order valence-corrected chi connectivity index (χ2v) is 6.17. The maximum atomic E-state index is 12.0. The van der Waals surface area contributed by atoms with Crippen LogP contribution in [0, 0.1) is 6.92 Å². The monoisotopic (exact) mass is 329 g/mol. The van der Waals surface area contributed by atoms with Crippen molar-refractivity contribution in [2.75, 3.05) is 14.2 Å². The molecule has 0 fully saturated rings. The third-order valence-corrected chi connectivity index (χ3v) is 4.24. The number of benzene rings is 1.